The maximum absolute atomic E-state index is 13.4. The van der Waals surface area contributed by atoms with Gasteiger partial charge in [0.1, 0.15) is 11.5 Å². The summed E-state index contributed by atoms with van der Waals surface area (Å²) in [5.41, 5.74) is -0.156. The summed E-state index contributed by atoms with van der Waals surface area (Å²) < 4.78 is 24.7. The largest absolute Gasteiger partial charge is 0.462 e. The molecule has 7 heteroatoms. The summed E-state index contributed by atoms with van der Waals surface area (Å²) >= 11 is 0. The molecule has 126 valence electrons. The van der Waals surface area contributed by atoms with Gasteiger partial charge in [0.15, 0.2) is 0 Å². The number of hydrogen-bond donors (Lipinski definition) is 0. The maximum Gasteiger partial charge on any atom is 0.462 e. The highest BCUT2D eigenvalue weighted by Gasteiger charge is 2.31. The highest BCUT2D eigenvalue weighted by Crippen LogP contribution is 2.47. The lowest BCUT2D eigenvalue weighted by Gasteiger charge is -2.20. The van der Waals surface area contributed by atoms with E-state index in [1.54, 1.807) is 54.6 Å². The molecule has 0 N–H and O–H groups in total. The van der Waals surface area contributed by atoms with Crippen LogP contribution in [-0.4, -0.2) is 4.92 Å². The minimum atomic E-state index is -3.79. The molecule has 0 aliphatic rings. The second-order valence-electron chi connectivity index (χ2n) is 5.08. The van der Waals surface area contributed by atoms with E-state index >= 15 is 0 Å². The Bertz CT molecular complexity index is 915. The van der Waals surface area contributed by atoms with Crippen molar-refractivity contribution in [2.75, 3.05) is 0 Å². The standard InChI is InChI=1S/C18H14NO5P/c20-19(21)15-8-7-11-17(14-15)24-25(22,18-12-5-2-6-13-18)23-16-9-3-1-4-10-16/h1-14H. The predicted octanol–water partition coefficient (Wildman–Crippen LogP) is 4.57. The zero-order valence-electron chi connectivity index (χ0n) is 13.0. The molecule has 0 radical (unpaired) electrons. The Morgan fingerprint density at radius 2 is 1.32 bits per heavy atom. The van der Waals surface area contributed by atoms with Gasteiger partial charge in [0.2, 0.25) is 0 Å². The van der Waals surface area contributed by atoms with Crippen molar-refractivity contribution < 1.29 is 18.5 Å². The molecule has 0 heterocycles. The molecule has 0 saturated carbocycles. The lowest BCUT2D eigenvalue weighted by Crippen LogP contribution is -2.14. The van der Waals surface area contributed by atoms with Gasteiger partial charge >= 0.3 is 7.60 Å². The fraction of sp³-hybridized carbons (Fsp3) is 0. The Balaban J connectivity index is 1.98. The number of para-hydroxylation sites is 1. The van der Waals surface area contributed by atoms with Gasteiger partial charge in [-0.25, -0.2) is 4.57 Å². The van der Waals surface area contributed by atoms with Crippen LogP contribution in [0.4, 0.5) is 5.69 Å². The van der Waals surface area contributed by atoms with Crippen molar-refractivity contribution in [3.63, 3.8) is 0 Å². The van der Waals surface area contributed by atoms with E-state index in [1.165, 1.54) is 24.3 Å². The predicted molar refractivity (Wildman–Crippen MR) is 94.5 cm³/mol. The van der Waals surface area contributed by atoms with Crippen molar-refractivity contribution >= 4 is 18.6 Å². The number of nitro benzene ring substituents is 1. The van der Waals surface area contributed by atoms with Crippen molar-refractivity contribution in [2.24, 2.45) is 0 Å². The third kappa shape index (κ3) is 4.05. The van der Waals surface area contributed by atoms with Crippen LogP contribution in [0, 0.1) is 10.1 Å². The van der Waals surface area contributed by atoms with E-state index in [-0.39, 0.29) is 11.4 Å². The number of nitro groups is 1. The van der Waals surface area contributed by atoms with Gasteiger partial charge in [-0.3, -0.25) is 10.1 Å². The molecule has 3 aromatic rings. The van der Waals surface area contributed by atoms with Crippen LogP contribution in [0.25, 0.3) is 0 Å². The Labute approximate surface area is 144 Å². The van der Waals surface area contributed by atoms with Crippen LogP contribution in [0.3, 0.4) is 0 Å². The molecule has 6 nitrogen and oxygen atoms in total. The molecular weight excluding hydrogens is 341 g/mol. The maximum atomic E-state index is 13.4. The van der Waals surface area contributed by atoms with Crippen LogP contribution in [0.1, 0.15) is 0 Å². The van der Waals surface area contributed by atoms with Gasteiger partial charge in [0, 0.05) is 6.07 Å². The van der Waals surface area contributed by atoms with Crippen molar-refractivity contribution in [1.29, 1.82) is 0 Å². The van der Waals surface area contributed by atoms with E-state index in [0.717, 1.165) is 0 Å². The van der Waals surface area contributed by atoms with Crippen molar-refractivity contribution in [3.8, 4) is 11.5 Å². The molecule has 3 rings (SSSR count). The smallest absolute Gasteiger partial charge is 0.413 e. The average Bonchev–Trinajstić information content (AvgIpc) is 2.63. The number of nitrogens with zero attached hydrogens (tertiary/aromatic N) is 1. The average molecular weight is 355 g/mol. The molecule has 1 atom stereocenters. The molecule has 0 spiro atoms. The normalized spacial score (nSPS) is 12.8. The summed E-state index contributed by atoms with van der Waals surface area (Å²) in [6, 6.07) is 22.6. The molecule has 0 aromatic heterocycles. The van der Waals surface area contributed by atoms with Crippen LogP contribution < -0.4 is 14.4 Å². The van der Waals surface area contributed by atoms with Crippen molar-refractivity contribution in [1.82, 2.24) is 0 Å². The first-order chi connectivity index (χ1) is 12.1. The Hall–Kier alpha value is -3.11. The number of rotatable bonds is 6. The Morgan fingerprint density at radius 3 is 1.96 bits per heavy atom. The minimum absolute atomic E-state index is 0.0947. The van der Waals surface area contributed by atoms with Crippen LogP contribution >= 0.6 is 7.60 Å². The summed E-state index contributed by atoms with van der Waals surface area (Å²) in [6.45, 7) is 0. The van der Waals surface area contributed by atoms with Gasteiger partial charge < -0.3 is 9.05 Å². The number of hydrogen-bond acceptors (Lipinski definition) is 5. The van der Waals surface area contributed by atoms with Gasteiger partial charge in [-0.05, 0) is 30.3 Å². The SMILES string of the molecule is O=[N+]([O-])c1cccc(OP(=O)(Oc2ccccc2)c2ccccc2)c1. The van der Waals surface area contributed by atoms with Crippen LogP contribution in [-0.2, 0) is 4.57 Å². The summed E-state index contributed by atoms with van der Waals surface area (Å²) in [6.07, 6.45) is 0. The molecule has 0 amide bonds. The van der Waals surface area contributed by atoms with Crippen LogP contribution in [0.5, 0.6) is 11.5 Å². The molecule has 0 bridgehead atoms. The third-order valence-corrected chi connectivity index (χ3v) is 5.13. The highest BCUT2D eigenvalue weighted by molar-refractivity contribution is 7.63. The molecule has 0 saturated heterocycles. The first-order valence-electron chi connectivity index (χ1n) is 7.41. The van der Waals surface area contributed by atoms with Gasteiger partial charge in [0.05, 0.1) is 16.3 Å². The summed E-state index contributed by atoms with van der Waals surface area (Å²) in [5.74, 6) is 0.470. The lowest BCUT2D eigenvalue weighted by atomic mass is 10.3. The quantitative estimate of drug-likeness (QED) is 0.368. The fourth-order valence-corrected chi connectivity index (χ4v) is 3.72. The van der Waals surface area contributed by atoms with Crippen molar-refractivity contribution in [3.05, 3.63) is 95.0 Å². The summed E-state index contributed by atoms with van der Waals surface area (Å²) in [7, 11) is -3.79. The Morgan fingerprint density at radius 1 is 0.760 bits per heavy atom. The second-order valence-corrected chi connectivity index (χ2v) is 6.96. The molecule has 0 aliphatic carbocycles. The third-order valence-electron chi connectivity index (χ3n) is 3.30. The summed E-state index contributed by atoms with van der Waals surface area (Å²) in [4.78, 5) is 10.4. The van der Waals surface area contributed by atoms with Crippen LogP contribution in [0.2, 0.25) is 0 Å². The fourth-order valence-electron chi connectivity index (χ4n) is 2.15. The zero-order valence-corrected chi connectivity index (χ0v) is 13.9. The number of benzene rings is 3. The molecule has 3 aromatic carbocycles. The van der Waals surface area contributed by atoms with E-state index in [1.807, 2.05) is 6.07 Å². The zero-order chi connectivity index (χ0) is 17.7. The monoisotopic (exact) mass is 355 g/mol. The molecule has 25 heavy (non-hydrogen) atoms. The van der Waals surface area contributed by atoms with Gasteiger partial charge in [-0.15, -0.1) is 0 Å². The van der Waals surface area contributed by atoms with E-state index in [0.29, 0.717) is 11.1 Å². The summed E-state index contributed by atoms with van der Waals surface area (Å²) in [5, 5.41) is 11.3. The molecule has 1 unspecified atom stereocenters. The van der Waals surface area contributed by atoms with Crippen LogP contribution in [0.15, 0.2) is 84.9 Å². The Kier molecular flexibility index (Phi) is 4.82. The minimum Gasteiger partial charge on any atom is -0.413 e. The van der Waals surface area contributed by atoms with Gasteiger partial charge in [-0.2, -0.15) is 0 Å². The highest BCUT2D eigenvalue weighted by atomic mass is 31.2. The van der Waals surface area contributed by atoms with E-state index in [2.05, 4.69) is 0 Å². The van der Waals surface area contributed by atoms with E-state index in [9.17, 15) is 14.7 Å². The van der Waals surface area contributed by atoms with E-state index < -0.39 is 12.5 Å². The molecular formula is C18H14NO5P. The number of non-ortho nitro benzene ring substituents is 1. The first kappa shape index (κ1) is 16.7. The van der Waals surface area contributed by atoms with Gasteiger partial charge in [-0.1, -0.05) is 42.5 Å². The molecule has 0 fully saturated rings. The first-order valence-corrected chi connectivity index (χ1v) is 8.95. The van der Waals surface area contributed by atoms with Crippen molar-refractivity contribution in [2.45, 2.75) is 0 Å². The topological polar surface area (TPSA) is 78.7 Å². The molecule has 0 aliphatic heterocycles. The van der Waals surface area contributed by atoms with E-state index in [4.69, 9.17) is 9.05 Å². The second kappa shape index (κ2) is 7.20. The lowest BCUT2D eigenvalue weighted by molar-refractivity contribution is -0.384. The van der Waals surface area contributed by atoms with Gasteiger partial charge in [0.25, 0.3) is 5.69 Å².